The monoisotopic (exact) mass is 336 g/mol. The summed E-state index contributed by atoms with van der Waals surface area (Å²) in [5.74, 6) is 1.41. The Bertz CT molecular complexity index is 538. The summed E-state index contributed by atoms with van der Waals surface area (Å²) in [5, 5.41) is 0.579. The van der Waals surface area contributed by atoms with Gasteiger partial charge in [-0.3, -0.25) is 9.59 Å². The van der Waals surface area contributed by atoms with E-state index in [2.05, 4.69) is 6.92 Å². The Morgan fingerprint density at radius 2 is 2.04 bits per heavy atom. The second-order valence-electron chi connectivity index (χ2n) is 6.26. The number of nitrogens with zero attached hydrogens (tertiary/aromatic N) is 2. The molecule has 0 N–H and O–H groups in total. The van der Waals surface area contributed by atoms with Gasteiger partial charge in [-0.15, -0.1) is 0 Å². The third-order valence-corrected chi connectivity index (χ3v) is 6.18. The maximum Gasteiger partial charge on any atom is 0.257 e. The van der Waals surface area contributed by atoms with Gasteiger partial charge < -0.3 is 14.2 Å². The average Bonchev–Trinajstić information content (AvgIpc) is 3.15. The number of hydrogen-bond acceptors (Lipinski definition) is 4. The van der Waals surface area contributed by atoms with E-state index >= 15 is 0 Å². The van der Waals surface area contributed by atoms with E-state index in [-0.39, 0.29) is 11.8 Å². The number of carbonyl (C=O) groups excluding carboxylic acids is 2. The molecule has 1 aromatic rings. The summed E-state index contributed by atoms with van der Waals surface area (Å²) in [7, 11) is 0. The molecule has 1 aromatic heterocycles. The minimum atomic E-state index is 0.00469. The van der Waals surface area contributed by atoms with E-state index in [1.165, 1.54) is 12.5 Å². The van der Waals surface area contributed by atoms with Crippen molar-refractivity contribution in [3.63, 3.8) is 0 Å². The van der Waals surface area contributed by atoms with Crippen molar-refractivity contribution in [2.75, 3.05) is 31.9 Å². The minimum Gasteiger partial charge on any atom is -0.472 e. The Balaban J connectivity index is 1.52. The molecule has 2 saturated heterocycles. The Labute approximate surface area is 141 Å². The number of carbonyl (C=O) groups is 2. The summed E-state index contributed by atoms with van der Waals surface area (Å²) in [6, 6.07) is 1.69. The lowest BCUT2D eigenvalue weighted by Crippen LogP contribution is -2.48. The van der Waals surface area contributed by atoms with Crippen LogP contribution in [0, 0.1) is 5.92 Å². The van der Waals surface area contributed by atoms with Crippen molar-refractivity contribution in [1.29, 1.82) is 0 Å². The lowest BCUT2D eigenvalue weighted by atomic mass is 9.94. The minimum absolute atomic E-state index is 0.00469. The normalized spacial score (nSPS) is 23.1. The van der Waals surface area contributed by atoms with Crippen LogP contribution in [-0.2, 0) is 4.79 Å². The van der Waals surface area contributed by atoms with Gasteiger partial charge in [0.1, 0.15) is 6.26 Å². The SMILES string of the molecule is CC[C@H]1CN(C(=O)C2CCN(C(=O)c3ccoc3)CC2)CCS1. The van der Waals surface area contributed by atoms with Gasteiger partial charge in [0.2, 0.25) is 5.91 Å². The molecule has 0 spiro atoms. The first-order chi connectivity index (χ1) is 11.2. The van der Waals surface area contributed by atoms with Crippen molar-refractivity contribution in [3.8, 4) is 0 Å². The molecule has 0 aliphatic carbocycles. The fourth-order valence-corrected chi connectivity index (χ4v) is 4.50. The molecule has 2 fully saturated rings. The van der Waals surface area contributed by atoms with Crippen LogP contribution < -0.4 is 0 Å². The predicted octanol–water partition coefficient (Wildman–Crippen LogP) is 2.49. The highest BCUT2D eigenvalue weighted by Crippen LogP contribution is 2.26. The maximum atomic E-state index is 12.7. The van der Waals surface area contributed by atoms with Crippen molar-refractivity contribution < 1.29 is 14.0 Å². The molecule has 2 amide bonds. The first-order valence-corrected chi connectivity index (χ1v) is 9.45. The first-order valence-electron chi connectivity index (χ1n) is 8.41. The van der Waals surface area contributed by atoms with Gasteiger partial charge in [-0.1, -0.05) is 6.92 Å². The number of amides is 2. The molecule has 23 heavy (non-hydrogen) atoms. The number of likely N-dealkylation sites (tertiary alicyclic amines) is 1. The molecule has 2 aliphatic rings. The highest BCUT2D eigenvalue weighted by molar-refractivity contribution is 8.00. The van der Waals surface area contributed by atoms with Crippen LogP contribution in [0.1, 0.15) is 36.5 Å². The van der Waals surface area contributed by atoms with Crippen LogP contribution >= 0.6 is 11.8 Å². The zero-order chi connectivity index (χ0) is 16.2. The van der Waals surface area contributed by atoms with E-state index in [1.54, 1.807) is 6.07 Å². The van der Waals surface area contributed by atoms with Crippen LogP contribution in [0.5, 0.6) is 0 Å². The van der Waals surface area contributed by atoms with Crippen LogP contribution in [0.3, 0.4) is 0 Å². The molecule has 3 rings (SSSR count). The molecule has 2 aliphatic heterocycles. The lowest BCUT2D eigenvalue weighted by molar-refractivity contribution is -0.136. The Morgan fingerprint density at radius 1 is 1.26 bits per heavy atom. The summed E-state index contributed by atoms with van der Waals surface area (Å²) >= 11 is 1.98. The Hall–Kier alpha value is -1.43. The first kappa shape index (κ1) is 16.4. The van der Waals surface area contributed by atoms with E-state index in [0.717, 1.165) is 38.1 Å². The van der Waals surface area contributed by atoms with Crippen LogP contribution in [0.4, 0.5) is 0 Å². The zero-order valence-corrected chi connectivity index (χ0v) is 14.4. The van der Waals surface area contributed by atoms with Crippen LogP contribution in [0.15, 0.2) is 23.0 Å². The van der Waals surface area contributed by atoms with Gasteiger partial charge in [0, 0.05) is 43.1 Å². The van der Waals surface area contributed by atoms with E-state index in [4.69, 9.17) is 4.42 Å². The molecular formula is C17H24N2O3S. The largest absolute Gasteiger partial charge is 0.472 e. The third kappa shape index (κ3) is 3.74. The second-order valence-corrected chi connectivity index (χ2v) is 7.67. The standard InChI is InChI=1S/C17H24N2O3S/c1-2-15-11-19(8-10-23-15)16(20)13-3-6-18(7-4-13)17(21)14-5-9-22-12-14/h5,9,12-13,15H,2-4,6-8,10-11H2,1H3/t15-/m0/s1. The van der Waals surface area contributed by atoms with Gasteiger partial charge in [-0.05, 0) is 25.3 Å². The molecular weight excluding hydrogens is 312 g/mol. The van der Waals surface area contributed by atoms with Gasteiger partial charge in [-0.25, -0.2) is 0 Å². The third-order valence-electron chi connectivity index (χ3n) is 4.81. The fourth-order valence-electron chi connectivity index (χ4n) is 3.32. The molecule has 0 unspecified atom stereocenters. The van der Waals surface area contributed by atoms with Crippen molar-refractivity contribution in [1.82, 2.24) is 9.80 Å². The fraction of sp³-hybridized carbons (Fsp3) is 0.647. The molecule has 6 heteroatoms. The number of thioether (sulfide) groups is 1. The summed E-state index contributed by atoms with van der Waals surface area (Å²) in [4.78, 5) is 28.9. The van der Waals surface area contributed by atoms with E-state index in [1.807, 2.05) is 21.6 Å². The summed E-state index contributed by atoms with van der Waals surface area (Å²) < 4.78 is 4.98. The van der Waals surface area contributed by atoms with E-state index < -0.39 is 0 Å². The van der Waals surface area contributed by atoms with Crippen molar-refractivity contribution in [3.05, 3.63) is 24.2 Å². The van der Waals surface area contributed by atoms with Gasteiger partial charge in [0.05, 0.1) is 11.8 Å². The lowest BCUT2D eigenvalue weighted by Gasteiger charge is -2.37. The molecule has 3 heterocycles. The topological polar surface area (TPSA) is 53.8 Å². The molecule has 0 saturated carbocycles. The molecule has 0 aromatic carbocycles. The number of furan rings is 1. The Morgan fingerprint density at radius 3 is 2.70 bits per heavy atom. The zero-order valence-electron chi connectivity index (χ0n) is 13.6. The molecule has 0 bridgehead atoms. The van der Waals surface area contributed by atoms with E-state index in [0.29, 0.717) is 29.8 Å². The predicted molar refractivity (Wildman–Crippen MR) is 90.5 cm³/mol. The quantitative estimate of drug-likeness (QED) is 0.851. The van der Waals surface area contributed by atoms with Gasteiger partial charge in [0.15, 0.2) is 0 Å². The summed E-state index contributed by atoms with van der Waals surface area (Å²) in [6.45, 7) is 5.24. The Kier molecular flexibility index (Phi) is 5.30. The van der Waals surface area contributed by atoms with Gasteiger partial charge in [0.25, 0.3) is 5.91 Å². The average molecular weight is 336 g/mol. The highest BCUT2D eigenvalue weighted by atomic mass is 32.2. The van der Waals surface area contributed by atoms with Crippen LogP contribution in [0.2, 0.25) is 0 Å². The molecule has 5 nitrogen and oxygen atoms in total. The van der Waals surface area contributed by atoms with E-state index in [9.17, 15) is 9.59 Å². The van der Waals surface area contributed by atoms with Crippen LogP contribution in [0.25, 0.3) is 0 Å². The van der Waals surface area contributed by atoms with Gasteiger partial charge in [-0.2, -0.15) is 11.8 Å². The maximum absolute atomic E-state index is 12.7. The number of hydrogen-bond donors (Lipinski definition) is 0. The number of piperidine rings is 1. The molecule has 1 atom stereocenters. The van der Waals surface area contributed by atoms with Crippen LogP contribution in [-0.4, -0.2) is 58.8 Å². The summed E-state index contributed by atoms with van der Waals surface area (Å²) in [6.07, 6.45) is 5.65. The smallest absolute Gasteiger partial charge is 0.257 e. The number of rotatable bonds is 3. The van der Waals surface area contributed by atoms with Crippen molar-refractivity contribution in [2.24, 2.45) is 5.92 Å². The molecule has 126 valence electrons. The summed E-state index contributed by atoms with van der Waals surface area (Å²) in [5.41, 5.74) is 0.591. The highest BCUT2D eigenvalue weighted by Gasteiger charge is 2.32. The second kappa shape index (κ2) is 7.43. The van der Waals surface area contributed by atoms with Gasteiger partial charge >= 0.3 is 0 Å². The molecule has 0 radical (unpaired) electrons. The van der Waals surface area contributed by atoms with Crippen molar-refractivity contribution in [2.45, 2.75) is 31.4 Å². The van der Waals surface area contributed by atoms with Crippen molar-refractivity contribution >= 4 is 23.6 Å².